The molecule has 0 amide bonds. The highest BCUT2D eigenvalue weighted by Gasteiger charge is 2.20. The van der Waals surface area contributed by atoms with Crippen LogP contribution < -0.4 is 5.84 Å². The summed E-state index contributed by atoms with van der Waals surface area (Å²) < 4.78 is 31.7. The summed E-state index contributed by atoms with van der Waals surface area (Å²) in [7, 11) is 1.41. The summed E-state index contributed by atoms with van der Waals surface area (Å²) in [6.07, 6.45) is 4.19. The lowest BCUT2D eigenvalue weighted by Gasteiger charge is -2.22. The van der Waals surface area contributed by atoms with Crippen molar-refractivity contribution in [3.8, 4) is 0 Å². The Bertz CT molecular complexity index is 377. The fourth-order valence-electron chi connectivity index (χ4n) is 1.49. The lowest BCUT2D eigenvalue weighted by atomic mass is 10.1. The van der Waals surface area contributed by atoms with Crippen LogP contribution in [0.1, 0.15) is 6.42 Å². The van der Waals surface area contributed by atoms with Crippen LogP contribution in [0.5, 0.6) is 0 Å². The zero-order chi connectivity index (χ0) is 12.8. The summed E-state index contributed by atoms with van der Waals surface area (Å²) in [4.78, 5) is 0. The van der Waals surface area contributed by atoms with Gasteiger partial charge in [-0.05, 0) is 12.5 Å². The topological polar surface area (TPSA) is 62.3 Å². The molecule has 1 unspecified atom stereocenters. The molecule has 6 heteroatoms. The number of hydrazine groups is 1. The molecule has 0 aromatic heterocycles. The van der Waals surface area contributed by atoms with Crippen LogP contribution in [0.3, 0.4) is 0 Å². The van der Waals surface area contributed by atoms with Gasteiger partial charge in [-0.25, -0.2) is 14.6 Å². The van der Waals surface area contributed by atoms with E-state index >= 15 is 0 Å². The van der Waals surface area contributed by atoms with Crippen LogP contribution in [0.4, 0.5) is 8.78 Å². The fourth-order valence-corrected chi connectivity index (χ4v) is 1.49. The predicted octanol–water partition coefficient (Wildman–Crippen LogP) is 1.82. The Labute approximate surface area is 98.5 Å². The standard InChI is InChI=1S/C11H15F2N3O/c1-17-11(6-16(15)7-14)9-4-2-3-8(12)5-10(9)13/h3-5,7,11,14H,2,6,15H2,1H3. The third-order valence-electron chi connectivity index (χ3n) is 2.36. The highest BCUT2D eigenvalue weighted by atomic mass is 19.1. The molecule has 0 heterocycles. The van der Waals surface area contributed by atoms with Crippen LogP contribution in [0.15, 0.2) is 35.5 Å². The number of nitrogens with zero attached hydrogens (tertiary/aromatic N) is 1. The molecule has 0 spiro atoms. The molecule has 1 aliphatic carbocycles. The minimum atomic E-state index is -0.679. The Morgan fingerprint density at radius 2 is 2.29 bits per heavy atom. The number of hydrogen-bond acceptors (Lipinski definition) is 3. The zero-order valence-electron chi connectivity index (χ0n) is 9.49. The summed E-state index contributed by atoms with van der Waals surface area (Å²) in [5.41, 5.74) is 0.244. The molecule has 0 saturated carbocycles. The average Bonchev–Trinajstić information content (AvgIpc) is 2.47. The van der Waals surface area contributed by atoms with E-state index in [1.165, 1.54) is 13.2 Å². The minimum absolute atomic E-state index is 0.120. The number of nitrogens with one attached hydrogen (secondary N) is 1. The van der Waals surface area contributed by atoms with Gasteiger partial charge in [0.1, 0.15) is 17.8 Å². The number of hydrogen-bond donors (Lipinski definition) is 2. The first-order valence-corrected chi connectivity index (χ1v) is 5.06. The monoisotopic (exact) mass is 243 g/mol. The Kier molecular flexibility index (Phi) is 4.99. The lowest BCUT2D eigenvalue weighted by molar-refractivity contribution is 0.110. The number of methoxy groups -OCH3 is 1. The second kappa shape index (κ2) is 6.27. The van der Waals surface area contributed by atoms with E-state index in [1.54, 1.807) is 6.08 Å². The summed E-state index contributed by atoms with van der Waals surface area (Å²) in [6.45, 7) is 0.120. The zero-order valence-corrected chi connectivity index (χ0v) is 9.49. The van der Waals surface area contributed by atoms with Gasteiger partial charge >= 0.3 is 0 Å². The molecular formula is C11H15F2N3O. The van der Waals surface area contributed by atoms with Crippen LogP contribution in [-0.4, -0.2) is 31.1 Å². The average molecular weight is 243 g/mol. The van der Waals surface area contributed by atoms with Gasteiger partial charge in [-0.3, -0.25) is 10.4 Å². The SMILES string of the molecule is COC(CN(N)C=N)C1=CCC=C(F)C=C1F. The number of halogens is 2. The maximum Gasteiger partial charge on any atom is 0.131 e. The Hall–Kier alpha value is -1.53. The van der Waals surface area contributed by atoms with Crippen LogP contribution >= 0.6 is 0 Å². The van der Waals surface area contributed by atoms with Crippen molar-refractivity contribution in [2.75, 3.05) is 13.7 Å². The Morgan fingerprint density at radius 3 is 2.88 bits per heavy atom. The summed E-state index contributed by atoms with van der Waals surface area (Å²) in [6, 6.07) is 0. The Morgan fingerprint density at radius 1 is 1.59 bits per heavy atom. The quantitative estimate of drug-likeness (QED) is 0.335. The van der Waals surface area contributed by atoms with Crippen molar-refractivity contribution < 1.29 is 13.5 Å². The first-order valence-electron chi connectivity index (χ1n) is 5.06. The second-order valence-electron chi connectivity index (χ2n) is 3.53. The molecule has 1 atom stereocenters. The molecule has 0 bridgehead atoms. The van der Waals surface area contributed by atoms with Gasteiger partial charge in [-0.15, -0.1) is 0 Å². The van der Waals surface area contributed by atoms with E-state index in [9.17, 15) is 8.78 Å². The maximum atomic E-state index is 13.7. The summed E-state index contributed by atoms with van der Waals surface area (Å²) >= 11 is 0. The molecule has 1 aliphatic rings. The third-order valence-corrected chi connectivity index (χ3v) is 2.36. The van der Waals surface area contributed by atoms with E-state index in [0.717, 1.165) is 17.4 Å². The summed E-state index contributed by atoms with van der Waals surface area (Å²) in [5, 5.41) is 8.01. The first-order chi connectivity index (χ1) is 8.08. The minimum Gasteiger partial charge on any atom is -0.375 e. The van der Waals surface area contributed by atoms with E-state index in [0.29, 0.717) is 6.42 Å². The van der Waals surface area contributed by atoms with E-state index in [4.69, 9.17) is 16.0 Å². The molecule has 94 valence electrons. The molecule has 0 saturated heterocycles. The number of rotatable bonds is 5. The molecular weight excluding hydrogens is 228 g/mol. The van der Waals surface area contributed by atoms with Crippen molar-refractivity contribution in [3.63, 3.8) is 0 Å². The van der Waals surface area contributed by atoms with E-state index in [2.05, 4.69) is 0 Å². The van der Waals surface area contributed by atoms with Crippen LogP contribution in [0.25, 0.3) is 0 Å². The van der Waals surface area contributed by atoms with Gasteiger partial charge in [0.15, 0.2) is 0 Å². The van der Waals surface area contributed by atoms with Crippen molar-refractivity contribution in [3.05, 3.63) is 35.5 Å². The predicted molar refractivity (Wildman–Crippen MR) is 61.6 cm³/mol. The van der Waals surface area contributed by atoms with Crippen molar-refractivity contribution in [2.24, 2.45) is 5.84 Å². The fraction of sp³-hybridized carbons (Fsp3) is 0.364. The van der Waals surface area contributed by atoms with E-state index in [-0.39, 0.29) is 12.1 Å². The number of nitrogens with two attached hydrogens (primary N) is 1. The third kappa shape index (κ3) is 3.76. The normalized spacial score (nSPS) is 17.5. The molecule has 17 heavy (non-hydrogen) atoms. The van der Waals surface area contributed by atoms with Gasteiger partial charge < -0.3 is 4.74 Å². The van der Waals surface area contributed by atoms with Crippen LogP contribution in [-0.2, 0) is 4.74 Å². The van der Waals surface area contributed by atoms with Crippen LogP contribution in [0, 0.1) is 5.41 Å². The molecule has 1 rings (SSSR count). The molecule has 0 radical (unpaired) electrons. The van der Waals surface area contributed by atoms with Gasteiger partial charge in [0.25, 0.3) is 0 Å². The number of allylic oxidation sites excluding steroid dienone is 4. The molecule has 0 fully saturated rings. The summed E-state index contributed by atoms with van der Waals surface area (Å²) in [5.74, 6) is 4.13. The van der Waals surface area contributed by atoms with Gasteiger partial charge in [0.2, 0.25) is 0 Å². The van der Waals surface area contributed by atoms with Gasteiger partial charge in [-0.1, -0.05) is 6.08 Å². The Balaban J connectivity index is 2.85. The molecule has 0 aliphatic heterocycles. The van der Waals surface area contributed by atoms with Crippen molar-refractivity contribution in [2.45, 2.75) is 12.5 Å². The molecule has 0 aromatic carbocycles. The van der Waals surface area contributed by atoms with E-state index < -0.39 is 17.8 Å². The largest absolute Gasteiger partial charge is 0.375 e. The van der Waals surface area contributed by atoms with E-state index in [1.807, 2.05) is 0 Å². The highest BCUT2D eigenvalue weighted by Crippen LogP contribution is 2.24. The molecule has 3 N–H and O–H groups in total. The van der Waals surface area contributed by atoms with Crippen LogP contribution in [0.2, 0.25) is 0 Å². The number of ether oxygens (including phenoxy) is 1. The van der Waals surface area contributed by atoms with Crippen molar-refractivity contribution >= 4 is 6.34 Å². The van der Waals surface area contributed by atoms with Gasteiger partial charge in [0.05, 0.1) is 12.9 Å². The van der Waals surface area contributed by atoms with Crippen molar-refractivity contribution in [1.29, 1.82) is 5.41 Å². The van der Waals surface area contributed by atoms with Gasteiger partial charge in [0, 0.05) is 18.8 Å². The second-order valence-corrected chi connectivity index (χ2v) is 3.53. The van der Waals surface area contributed by atoms with Gasteiger partial charge in [-0.2, -0.15) is 0 Å². The maximum absolute atomic E-state index is 13.7. The molecule has 4 nitrogen and oxygen atoms in total. The smallest absolute Gasteiger partial charge is 0.131 e. The first kappa shape index (κ1) is 13.5. The highest BCUT2D eigenvalue weighted by molar-refractivity contribution is 5.50. The molecule has 0 aromatic rings. The van der Waals surface area contributed by atoms with Crippen molar-refractivity contribution in [1.82, 2.24) is 5.01 Å². The lowest BCUT2D eigenvalue weighted by Crippen LogP contribution is -2.38.